The first kappa shape index (κ1) is 17.3. The second kappa shape index (κ2) is 8.04. The lowest BCUT2D eigenvalue weighted by Gasteiger charge is -2.26. The van der Waals surface area contributed by atoms with Crippen LogP contribution in [0.25, 0.3) is 0 Å². The van der Waals surface area contributed by atoms with Crippen molar-refractivity contribution < 1.29 is 18.3 Å². The Morgan fingerprint density at radius 2 is 1.68 bits per heavy atom. The Balaban J connectivity index is 1.60. The van der Waals surface area contributed by atoms with Gasteiger partial charge in [0.25, 0.3) is 0 Å². The van der Waals surface area contributed by atoms with E-state index in [1.165, 1.54) is 0 Å². The lowest BCUT2D eigenvalue weighted by molar-refractivity contribution is 0.0342. The summed E-state index contributed by atoms with van der Waals surface area (Å²) in [5.74, 6) is -1.49. The number of halogens is 2. The van der Waals surface area contributed by atoms with Crippen LogP contribution in [0.2, 0.25) is 0 Å². The molecule has 0 spiro atoms. The first-order valence-corrected chi connectivity index (χ1v) is 8.02. The molecule has 2 aromatic carbocycles. The minimum Gasteiger partial charge on any atom is -0.379 e. The van der Waals surface area contributed by atoms with Gasteiger partial charge >= 0.3 is 6.03 Å². The number of morpholine rings is 1. The van der Waals surface area contributed by atoms with Gasteiger partial charge < -0.3 is 15.4 Å². The maximum atomic E-state index is 13.2. The second-order valence-electron chi connectivity index (χ2n) is 5.83. The summed E-state index contributed by atoms with van der Waals surface area (Å²) in [7, 11) is 0. The lowest BCUT2D eigenvalue weighted by Crippen LogP contribution is -2.35. The van der Waals surface area contributed by atoms with E-state index < -0.39 is 17.7 Å². The fraction of sp³-hybridized carbons (Fsp3) is 0.278. The Hall–Kier alpha value is -2.51. The van der Waals surface area contributed by atoms with Crippen LogP contribution in [0.4, 0.5) is 25.0 Å². The minimum atomic E-state index is -0.747. The molecule has 25 heavy (non-hydrogen) atoms. The second-order valence-corrected chi connectivity index (χ2v) is 5.83. The van der Waals surface area contributed by atoms with Crippen LogP contribution in [0, 0.1) is 11.6 Å². The smallest absolute Gasteiger partial charge is 0.323 e. The van der Waals surface area contributed by atoms with Crippen molar-refractivity contribution in [2.75, 3.05) is 36.9 Å². The third-order valence-electron chi connectivity index (χ3n) is 3.82. The van der Waals surface area contributed by atoms with Crippen molar-refractivity contribution in [3.05, 3.63) is 59.7 Å². The summed E-state index contributed by atoms with van der Waals surface area (Å²) in [5.41, 5.74) is 1.73. The minimum absolute atomic E-state index is 0.0551. The number of rotatable bonds is 4. The molecular weight excluding hydrogens is 328 g/mol. The zero-order valence-electron chi connectivity index (χ0n) is 13.6. The molecule has 0 aliphatic carbocycles. The number of carbonyl (C=O) groups excluding carboxylic acids is 1. The molecule has 1 aliphatic heterocycles. The number of carbonyl (C=O) groups is 1. The molecule has 1 saturated heterocycles. The molecule has 0 bridgehead atoms. The number of urea groups is 1. The van der Waals surface area contributed by atoms with Gasteiger partial charge in [-0.15, -0.1) is 0 Å². The number of nitrogens with one attached hydrogen (secondary N) is 2. The molecule has 1 aliphatic rings. The maximum Gasteiger partial charge on any atom is 0.323 e. The molecular formula is C18H19F2N3O2. The van der Waals surface area contributed by atoms with Gasteiger partial charge in [-0.2, -0.15) is 0 Å². The third kappa shape index (κ3) is 5.23. The zero-order chi connectivity index (χ0) is 17.6. The van der Waals surface area contributed by atoms with Crippen LogP contribution in [0.5, 0.6) is 0 Å². The van der Waals surface area contributed by atoms with Crippen molar-refractivity contribution in [2.24, 2.45) is 0 Å². The zero-order valence-corrected chi connectivity index (χ0v) is 13.6. The van der Waals surface area contributed by atoms with E-state index in [1.807, 2.05) is 18.2 Å². The van der Waals surface area contributed by atoms with Crippen LogP contribution in [0.15, 0.2) is 42.5 Å². The molecule has 132 valence electrons. The van der Waals surface area contributed by atoms with Crippen LogP contribution < -0.4 is 10.6 Å². The molecule has 0 aromatic heterocycles. The number of hydrogen-bond acceptors (Lipinski definition) is 3. The van der Waals surface area contributed by atoms with Crippen molar-refractivity contribution in [1.82, 2.24) is 4.90 Å². The predicted octanol–water partition coefficient (Wildman–Crippen LogP) is 3.44. The Morgan fingerprint density at radius 1 is 1.00 bits per heavy atom. The number of amides is 2. The average molecular weight is 347 g/mol. The summed E-state index contributed by atoms with van der Waals surface area (Å²) in [4.78, 5) is 14.3. The van der Waals surface area contributed by atoms with Gasteiger partial charge in [-0.3, -0.25) is 4.90 Å². The van der Waals surface area contributed by atoms with Gasteiger partial charge in [-0.1, -0.05) is 12.1 Å². The predicted molar refractivity (Wildman–Crippen MR) is 91.5 cm³/mol. The highest BCUT2D eigenvalue weighted by atomic mass is 19.1. The fourth-order valence-corrected chi connectivity index (χ4v) is 2.68. The topological polar surface area (TPSA) is 53.6 Å². The molecule has 2 aromatic rings. The van der Waals surface area contributed by atoms with Gasteiger partial charge in [0, 0.05) is 37.1 Å². The van der Waals surface area contributed by atoms with E-state index in [0.29, 0.717) is 5.69 Å². The van der Waals surface area contributed by atoms with Crippen molar-refractivity contribution in [2.45, 2.75) is 6.54 Å². The van der Waals surface area contributed by atoms with Crippen molar-refractivity contribution in [3.8, 4) is 0 Å². The number of anilines is 2. The van der Waals surface area contributed by atoms with Crippen molar-refractivity contribution in [1.29, 1.82) is 0 Å². The van der Waals surface area contributed by atoms with Gasteiger partial charge in [0.1, 0.15) is 11.6 Å². The Bertz CT molecular complexity index is 729. The van der Waals surface area contributed by atoms with Crippen LogP contribution in [-0.4, -0.2) is 37.2 Å². The van der Waals surface area contributed by atoms with Crippen LogP contribution >= 0.6 is 0 Å². The van der Waals surface area contributed by atoms with Gasteiger partial charge in [-0.05, 0) is 29.8 Å². The van der Waals surface area contributed by atoms with Crippen molar-refractivity contribution in [3.63, 3.8) is 0 Å². The van der Waals surface area contributed by atoms with Gasteiger partial charge in [0.05, 0.1) is 13.2 Å². The SMILES string of the molecule is O=C(Nc1cc(F)cc(F)c1)Nc1cccc(CN2CCOCC2)c1. The molecule has 0 atom stereocenters. The van der Waals surface area contributed by atoms with E-state index in [0.717, 1.165) is 56.6 Å². The Morgan fingerprint density at radius 3 is 2.40 bits per heavy atom. The van der Waals surface area contributed by atoms with E-state index in [4.69, 9.17) is 4.74 Å². The summed E-state index contributed by atoms with van der Waals surface area (Å²) in [5, 5.41) is 5.08. The molecule has 1 fully saturated rings. The summed E-state index contributed by atoms with van der Waals surface area (Å²) < 4.78 is 31.6. The molecule has 2 amide bonds. The molecule has 0 saturated carbocycles. The van der Waals surface area contributed by atoms with E-state index >= 15 is 0 Å². The van der Waals surface area contributed by atoms with Crippen LogP contribution in [0.1, 0.15) is 5.56 Å². The number of benzene rings is 2. The third-order valence-corrected chi connectivity index (χ3v) is 3.82. The summed E-state index contributed by atoms with van der Waals surface area (Å²) in [6.45, 7) is 3.98. The highest BCUT2D eigenvalue weighted by Crippen LogP contribution is 2.16. The maximum absolute atomic E-state index is 13.2. The van der Waals surface area contributed by atoms with E-state index in [-0.39, 0.29) is 5.69 Å². The van der Waals surface area contributed by atoms with Gasteiger partial charge in [0.2, 0.25) is 0 Å². The molecule has 0 radical (unpaired) electrons. The van der Waals surface area contributed by atoms with Crippen LogP contribution in [0.3, 0.4) is 0 Å². The lowest BCUT2D eigenvalue weighted by atomic mass is 10.2. The summed E-state index contributed by atoms with van der Waals surface area (Å²) >= 11 is 0. The molecule has 5 nitrogen and oxygen atoms in total. The largest absolute Gasteiger partial charge is 0.379 e. The molecule has 3 rings (SSSR count). The monoisotopic (exact) mass is 347 g/mol. The standard InChI is InChI=1S/C18H19F2N3O2/c19-14-9-15(20)11-17(10-14)22-18(24)21-16-3-1-2-13(8-16)12-23-4-6-25-7-5-23/h1-3,8-11H,4-7,12H2,(H2,21,22,24). The quantitative estimate of drug-likeness (QED) is 0.891. The van der Waals surface area contributed by atoms with Crippen molar-refractivity contribution >= 4 is 17.4 Å². The Kier molecular flexibility index (Phi) is 5.57. The average Bonchev–Trinajstić information content (AvgIpc) is 2.55. The highest BCUT2D eigenvalue weighted by Gasteiger charge is 2.11. The summed E-state index contributed by atoms with van der Waals surface area (Å²) in [6, 6.07) is 9.77. The molecule has 7 heteroatoms. The van der Waals surface area contributed by atoms with E-state index in [2.05, 4.69) is 15.5 Å². The Labute approximate surface area is 144 Å². The first-order valence-electron chi connectivity index (χ1n) is 8.02. The molecule has 1 heterocycles. The van der Waals surface area contributed by atoms with Gasteiger partial charge in [-0.25, -0.2) is 13.6 Å². The fourth-order valence-electron chi connectivity index (χ4n) is 2.68. The highest BCUT2D eigenvalue weighted by molar-refractivity contribution is 5.99. The van der Waals surface area contributed by atoms with E-state index in [9.17, 15) is 13.6 Å². The van der Waals surface area contributed by atoms with E-state index in [1.54, 1.807) is 6.07 Å². The number of nitrogens with zero attached hydrogens (tertiary/aromatic N) is 1. The normalized spacial score (nSPS) is 15.0. The summed E-state index contributed by atoms with van der Waals surface area (Å²) in [6.07, 6.45) is 0. The van der Waals surface area contributed by atoms with Crippen LogP contribution in [-0.2, 0) is 11.3 Å². The molecule has 2 N–H and O–H groups in total. The molecule has 0 unspecified atom stereocenters. The number of hydrogen-bond donors (Lipinski definition) is 2. The first-order chi connectivity index (χ1) is 12.1. The van der Waals surface area contributed by atoms with Gasteiger partial charge in [0.15, 0.2) is 0 Å². The number of ether oxygens (including phenoxy) is 1.